The number of halogens is 1. The summed E-state index contributed by atoms with van der Waals surface area (Å²) < 4.78 is 44.8. The van der Waals surface area contributed by atoms with Gasteiger partial charge in [0.15, 0.2) is 0 Å². The Morgan fingerprint density at radius 3 is 2.19 bits per heavy atom. The van der Waals surface area contributed by atoms with Crippen LogP contribution in [0.5, 0.6) is 0 Å². The average Bonchev–Trinajstić information content (AvgIpc) is 2.13. The van der Waals surface area contributed by atoms with Crippen LogP contribution in [-0.2, 0) is 14.9 Å². The Hall–Kier alpha value is -0.690. The molecule has 7 heteroatoms. The first-order chi connectivity index (χ1) is 7.08. The second-order valence-electron chi connectivity index (χ2n) is 3.96. The zero-order valence-electron chi connectivity index (χ0n) is 9.90. The summed E-state index contributed by atoms with van der Waals surface area (Å²) in [6.45, 7) is 4.77. The molecular formula is C9H18FNO4S. The first kappa shape index (κ1) is 15.3. The van der Waals surface area contributed by atoms with Gasteiger partial charge in [-0.1, -0.05) is 13.3 Å². The lowest BCUT2D eigenvalue weighted by Crippen LogP contribution is -2.51. The van der Waals surface area contributed by atoms with E-state index in [1.807, 2.05) is 0 Å². The van der Waals surface area contributed by atoms with E-state index in [1.165, 1.54) is 14.0 Å². The van der Waals surface area contributed by atoms with Crippen molar-refractivity contribution in [2.24, 2.45) is 0 Å². The van der Waals surface area contributed by atoms with Crippen molar-refractivity contribution >= 4 is 16.0 Å². The molecule has 1 N–H and O–H groups in total. The Labute approximate surface area is 95.4 Å². The van der Waals surface area contributed by atoms with E-state index in [1.54, 1.807) is 13.8 Å². The summed E-state index contributed by atoms with van der Waals surface area (Å²) in [4.78, 5) is 12.6. The SMILES string of the molecule is CCCC(F)(C(=O)N(C)C(C)C)S(=O)(=O)O. The van der Waals surface area contributed by atoms with Gasteiger partial charge in [-0.05, 0) is 13.8 Å². The molecule has 16 heavy (non-hydrogen) atoms. The minimum Gasteiger partial charge on any atom is -0.340 e. The summed E-state index contributed by atoms with van der Waals surface area (Å²) in [6, 6.07) is -0.346. The molecule has 0 bridgehead atoms. The maximum Gasteiger partial charge on any atom is 0.312 e. The fraction of sp³-hybridized carbons (Fsp3) is 0.889. The van der Waals surface area contributed by atoms with E-state index in [2.05, 4.69) is 0 Å². The van der Waals surface area contributed by atoms with Crippen molar-refractivity contribution in [2.45, 2.75) is 44.7 Å². The zero-order chi connectivity index (χ0) is 13.1. The van der Waals surface area contributed by atoms with Gasteiger partial charge in [0, 0.05) is 19.5 Å². The van der Waals surface area contributed by atoms with Gasteiger partial charge in [0.05, 0.1) is 0 Å². The Kier molecular flexibility index (Phi) is 4.87. The van der Waals surface area contributed by atoms with Crippen molar-refractivity contribution in [1.29, 1.82) is 0 Å². The predicted molar refractivity (Wildman–Crippen MR) is 58.2 cm³/mol. The molecule has 1 amide bonds. The van der Waals surface area contributed by atoms with E-state index in [9.17, 15) is 17.6 Å². The summed E-state index contributed by atoms with van der Waals surface area (Å²) in [5, 5.41) is -3.24. The van der Waals surface area contributed by atoms with E-state index in [0.29, 0.717) is 0 Å². The molecule has 0 saturated heterocycles. The molecule has 0 fully saturated rings. The van der Waals surface area contributed by atoms with Crippen molar-refractivity contribution in [2.75, 3.05) is 7.05 Å². The van der Waals surface area contributed by atoms with Gasteiger partial charge in [-0.25, -0.2) is 4.39 Å². The normalized spacial score (nSPS) is 15.9. The quantitative estimate of drug-likeness (QED) is 0.749. The highest BCUT2D eigenvalue weighted by Crippen LogP contribution is 2.27. The number of amides is 1. The van der Waals surface area contributed by atoms with Gasteiger partial charge in [0.25, 0.3) is 5.91 Å². The second kappa shape index (κ2) is 5.09. The minimum absolute atomic E-state index is 0.133. The molecule has 0 spiro atoms. The molecule has 96 valence electrons. The lowest BCUT2D eigenvalue weighted by molar-refractivity contribution is -0.139. The standard InChI is InChI=1S/C9H18FNO4S/c1-5-6-9(10,16(13,14)15)8(12)11(4)7(2)3/h7H,5-6H2,1-4H3,(H,13,14,15). The van der Waals surface area contributed by atoms with Crippen LogP contribution in [0.1, 0.15) is 33.6 Å². The number of carbonyl (C=O) groups is 1. The van der Waals surface area contributed by atoms with E-state index in [-0.39, 0.29) is 12.5 Å². The number of hydrogen-bond donors (Lipinski definition) is 1. The Balaban J connectivity index is 5.31. The third kappa shape index (κ3) is 2.91. The monoisotopic (exact) mass is 255 g/mol. The van der Waals surface area contributed by atoms with Gasteiger partial charge in [-0.3, -0.25) is 9.35 Å². The van der Waals surface area contributed by atoms with Crippen molar-refractivity contribution in [1.82, 2.24) is 4.90 Å². The van der Waals surface area contributed by atoms with Crippen LogP contribution in [-0.4, -0.2) is 41.9 Å². The number of nitrogens with zero attached hydrogens (tertiary/aromatic N) is 1. The molecule has 0 rings (SSSR count). The highest BCUT2D eigenvalue weighted by molar-refractivity contribution is 7.87. The third-order valence-electron chi connectivity index (χ3n) is 2.39. The zero-order valence-corrected chi connectivity index (χ0v) is 10.7. The number of carbonyl (C=O) groups excluding carboxylic acids is 1. The summed E-state index contributed by atoms with van der Waals surface area (Å²) in [5.74, 6) is -1.23. The lowest BCUT2D eigenvalue weighted by atomic mass is 10.2. The summed E-state index contributed by atoms with van der Waals surface area (Å²) in [5.41, 5.74) is 0. The van der Waals surface area contributed by atoms with Crippen molar-refractivity contribution < 1.29 is 22.2 Å². The largest absolute Gasteiger partial charge is 0.340 e. The van der Waals surface area contributed by atoms with Gasteiger partial charge >= 0.3 is 15.1 Å². The molecule has 0 aromatic carbocycles. The Morgan fingerprint density at radius 2 is 1.94 bits per heavy atom. The van der Waals surface area contributed by atoms with Crippen LogP contribution in [0.15, 0.2) is 0 Å². The molecular weight excluding hydrogens is 237 g/mol. The highest BCUT2D eigenvalue weighted by Gasteiger charge is 2.52. The molecule has 5 nitrogen and oxygen atoms in total. The Morgan fingerprint density at radius 1 is 1.50 bits per heavy atom. The lowest BCUT2D eigenvalue weighted by Gasteiger charge is -2.29. The van der Waals surface area contributed by atoms with Crippen LogP contribution in [0.4, 0.5) is 4.39 Å². The van der Waals surface area contributed by atoms with Crippen LogP contribution >= 0.6 is 0 Å². The minimum atomic E-state index is -5.06. The predicted octanol–water partition coefficient (Wildman–Crippen LogP) is 1.21. The van der Waals surface area contributed by atoms with Gasteiger partial charge in [0.2, 0.25) is 0 Å². The number of rotatable bonds is 5. The molecule has 1 atom stereocenters. The number of hydrogen-bond acceptors (Lipinski definition) is 3. The first-order valence-electron chi connectivity index (χ1n) is 5.01. The third-order valence-corrected chi connectivity index (χ3v) is 3.59. The van der Waals surface area contributed by atoms with Crippen LogP contribution in [0.3, 0.4) is 0 Å². The molecule has 0 aromatic heterocycles. The first-order valence-corrected chi connectivity index (χ1v) is 6.45. The average molecular weight is 255 g/mol. The topological polar surface area (TPSA) is 74.7 Å². The molecule has 0 radical (unpaired) electrons. The van der Waals surface area contributed by atoms with Crippen LogP contribution in [0.25, 0.3) is 0 Å². The summed E-state index contributed by atoms with van der Waals surface area (Å²) >= 11 is 0. The molecule has 0 aromatic rings. The van der Waals surface area contributed by atoms with E-state index in [0.717, 1.165) is 4.90 Å². The van der Waals surface area contributed by atoms with Gasteiger partial charge in [0.1, 0.15) is 0 Å². The van der Waals surface area contributed by atoms with E-state index >= 15 is 0 Å². The maximum absolute atomic E-state index is 14.1. The highest BCUT2D eigenvalue weighted by atomic mass is 32.2. The fourth-order valence-electron chi connectivity index (χ4n) is 1.17. The van der Waals surface area contributed by atoms with Crippen LogP contribution < -0.4 is 0 Å². The van der Waals surface area contributed by atoms with Crippen molar-refractivity contribution in [3.8, 4) is 0 Å². The molecule has 0 saturated carbocycles. The summed E-state index contributed by atoms with van der Waals surface area (Å²) in [6.07, 6.45) is -0.421. The van der Waals surface area contributed by atoms with Crippen LogP contribution in [0.2, 0.25) is 0 Å². The van der Waals surface area contributed by atoms with Crippen molar-refractivity contribution in [3.63, 3.8) is 0 Å². The fourth-order valence-corrected chi connectivity index (χ4v) is 1.99. The maximum atomic E-state index is 14.1. The number of alkyl halides is 1. The van der Waals surface area contributed by atoms with E-state index < -0.39 is 27.4 Å². The van der Waals surface area contributed by atoms with Crippen molar-refractivity contribution in [3.05, 3.63) is 0 Å². The van der Waals surface area contributed by atoms with Crippen LogP contribution in [0, 0.1) is 0 Å². The van der Waals surface area contributed by atoms with Gasteiger partial charge < -0.3 is 4.90 Å². The summed E-state index contributed by atoms with van der Waals surface area (Å²) in [7, 11) is -3.77. The van der Waals surface area contributed by atoms with Gasteiger partial charge in [-0.15, -0.1) is 0 Å². The molecule has 0 aliphatic heterocycles. The molecule has 0 aliphatic carbocycles. The molecule has 1 unspecified atom stereocenters. The molecule has 0 aliphatic rings. The van der Waals surface area contributed by atoms with Gasteiger partial charge in [-0.2, -0.15) is 8.42 Å². The Bertz CT molecular complexity index is 355. The second-order valence-corrected chi connectivity index (χ2v) is 5.56. The molecule has 0 heterocycles. The smallest absolute Gasteiger partial charge is 0.312 e. The van der Waals surface area contributed by atoms with E-state index in [4.69, 9.17) is 4.55 Å².